The average Bonchev–Trinajstić information content (AvgIpc) is 3.24. The Morgan fingerprint density at radius 3 is 2.62 bits per heavy atom. The number of thiophene rings is 1. The number of hydrogen-bond acceptors (Lipinski definition) is 3. The Balaban J connectivity index is 1.47. The maximum Gasteiger partial charge on any atom is 0.162 e. The van der Waals surface area contributed by atoms with E-state index in [4.69, 9.17) is 0 Å². The Kier molecular flexibility index (Phi) is 4.84. The molecule has 3 rings (SSSR count). The highest BCUT2D eigenvalue weighted by molar-refractivity contribution is 7.09. The molecule has 1 aliphatic carbocycles. The summed E-state index contributed by atoms with van der Waals surface area (Å²) in [6, 6.07) is 14.7. The summed E-state index contributed by atoms with van der Waals surface area (Å²) in [5, 5.41) is 2.14. The van der Waals surface area contributed by atoms with E-state index in [2.05, 4.69) is 22.4 Å². The summed E-state index contributed by atoms with van der Waals surface area (Å²) in [6.45, 7) is 2.07. The lowest BCUT2D eigenvalue weighted by Gasteiger charge is -2.21. The molecule has 0 radical (unpaired) electrons. The first-order valence-corrected chi connectivity index (χ1v) is 8.55. The van der Waals surface area contributed by atoms with Crippen molar-refractivity contribution in [2.45, 2.75) is 38.3 Å². The van der Waals surface area contributed by atoms with Crippen LogP contribution in [0.1, 0.15) is 40.9 Å². The van der Waals surface area contributed by atoms with Gasteiger partial charge in [-0.25, -0.2) is 0 Å². The second-order valence-electron chi connectivity index (χ2n) is 5.67. The maximum absolute atomic E-state index is 12.1. The zero-order valence-electron chi connectivity index (χ0n) is 12.2. The van der Waals surface area contributed by atoms with Gasteiger partial charge in [0.15, 0.2) is 5.78 Å². The van der Waals surface area contributed by atoms with E-state index >= 15 is 0 Å². The highest BCUT2D eigenvalue weighted by Gasteiger charge is 2.28. The van der Waals surface area contributed by atoms with E-state index in [1.165, 1.54) is 17.7 Å². The third-order valence-corrected chi connectivity index (χ3v) is 4.81. The summed E-state index contributed by atoms with van der Waals surface area (Å²) >= 11 is 1.82. The number of carbonyl (C=O) groups is 1. The molecule has 1 aromatic carbocycles. The fourth-order valence-electron chi connectivity index (χ4n) is 2.64. The van der Waals surface area contributed by atoms with Crippen LogP contribution in [-0.4, -0.2) is 23.3 Å². The molecule has 1 aromatic heterocycles. The minimum Gasteiger partial charge on any atom is -0.295 e. The second kappa shape index (κ2) is 7.01. The van der Waals surface area contributed by atoms with E-state index < -0.39 is 0 Å². The van der Waals surface area contributed by atoms with Crippen LogP contribution >= 0.6 is 11.3 Å². The molecule has 0 saturated heterocycles. The number of Topliss-reactive ketones (excluding diaryl/α,β-unsaturated/α-hetero) is 1. The zero-order valence-corrected chi connectivity index (χ0v) is 13.0. The van der Waals surface area contributed by atoms with E-state index in [0.29, 0.717) is 6.42 Å². The molecule has 3 heteroatoms. The Morgan fingerprint density at radius 2 is 1.95 bits per heavy atom. The van der Waals surface area contributed by atoms with Gasteiger partial charge in [-0.3, -0.25) is 9.69 Å². The number of nitrogens with zero attached hydrogens (tertiary/aromatic N) is 1. The van der Waals surface area contributed by atoms with Gasteiger partial charge in [0.25, 0.3) is 0 Å². The highest BCUT2D eigenvalue weighted by atomic mass is 32.1. The molecule has 1 aliphatic rings. The lowest BCUT2D eigenvalue weighted by Crippen LogP contribution is -2.26. The van der Waals surface area contributed by atoms with Gasteiger partial charge in [0.05, 0.1) is 0 Å². The van der Waals surface area contributed by atoms with Crippen molar-refractivity contribution in [2.24, 2.45) is 0 Å². The Labute approximate surface area is 130 Å². The van der Waals surface area contributed by atoms with Crippen molar-refractivity contribution in [1.82, 2.24) is 4.90 Å². The minimum absolute atomic E-state index is 0.266. The van der Waals surface area contributed by atoms with Crippen LogP contribution in [0.5, 0.6) is 0 Å². The molecule has 0 N–H and O–H groups in total. The fraction of sp³-hybridized carbons (Fsp3) is 0.389. The lowest BCUT2D eigenvalue weighted by atomic mass is 10.1. The number of hydrogen-bond donors (Lipinski definition) is 0. The van der Waals surface area contributed by atoms with Crippen molar-refractivity contribution < 1.29 is 4.79 Å². The normalized spacial score (nSPS) is 14.5. The summed E-state index contributed by atoms with van der Waals surface area (Å²) in [4.78, 5) is 16.1. The molecule has 1 saturated carbocycles. The third kappa shape index (κ3) is 4.26. The monoisotopic (exact) mass is 299 g/mol. The Morgan fingerprint density at radius 1 is 1.14 bits per heavy atom. The van der Waals surface area contributed by atoms with E-state index in [-0.39, 0.29) is 5.78 Å². The molecule has 110 valence electrons. The minimum atomic E-state index is 0.266. The van der Waals surface area contributed by atoms with Gasteiger partial charge in [0, 0.05) is 29.4 Å². The predicted molar refractivity (Wildman–Crippen MR) is 87.8 cm³/mol. The molecule has 2 aromatic rings. The lowest BCUT2D eigenvalue weighted by molar-refractivity contribution is 0.0973. The summed E-state index contributed by atoms with van der Waals surface area (Å²) in [6.07, 6.45) is 4.24. The van der Waals surface area contributed by atoms with Crippen molar-refractivity contribution in [1.29, 1.82) is 0 Å². The van der Waals surface area contributed by atoms with Crippen LogP contribution in [0.2, 0.25) is 0 Å². The van der Waals surface area contributed by atoms with Gasteiger partial charge in [-0.15, -0.1) is 11.3 Å². The number of ketones is 1. The molecular formula is C18H21NOS. The number of rotatable bonds is 8. The molecule has 0 aliphatic heterocycles. The van der Waals surface area contributed by atoms with Crippen molar-refractivity contribution in [3.8, 4) is 0 Å². The van der Waals surface area contributed by atoms with Crippen LogP contribution in [-0.2, 0) is 6.54 Å². The Hall–Kier alpha value is -1.45. The molecule has 0 amide bonds. The van der Waals surface area contributed by atoms with Crippen LogP contribution < -0.4 is 0 Å². The van der Waals surface area contributed by atoms with E-state index in [0.717, 1.165) is 31.1 Å². The van der Waals surface area contributed by atoms with Gasteiger partial charge in [-0.05, 0) is 37.3 Å². The Bertz CT molecular complexity index is 560. The van der Waals surface area contributed by atoms with Gasteiger partial charge in [0.1, 0.15) is 0 Å². The van der Waals surface area contributed by atoms with Gasteiger partial charge in [-0.1, -0.05) is 36.4 Å². The second-order valence-corrected chi connectivity index (χ2v) is 6.71. The third-order valence-electron chi connectivity index (χ3n) is 3.95. The van der Waals surface area contributed by atoms with Crippen molar-refractivity contribution in [3.63, 3.8) is 0 Å². The van der Waals surface area contributed by atoms with Gasteiger partial charge >= 0.3 is 0 Å². The molecule has 21 heavy (non-hydrogen) atoms. The van der Waals surface area contributed by atoms with Crippen LogP contribution in [0.25, 0.3) is 0 Å². The van der Waals surface area contributed by atoms with Crippen LogP contribution in [0.4, 0.5) is 0 Å². The first kappa shape index (κ1) is 14.5. The molecule has 0 unspecified atom stereocenters. The molecule has 1 heterocycles. The highest BCUT2D eigenvalue weighted by Crippen LogP contribution is 2.29. The summed E-state index contributed by atoms with van der Waals surface area (Å²) < 4.78 is 0. The molecule has 0 bridgehead atoms. The van der Waals surface area contributed by atoms with Gasteiger partial charge in [-0.2, -0.15) is 0 Å². The topological polar surface area (TPSA) is 20.3 Å². The maximum atomic E-state index is 12.1. The predicted octanol–water partition coefficient (Wildman–Crippen LogP) is 4.38. The van der Waals surface area contributed by atoms with E-state index in [1.807, 2.05) is 41.7 Å². The molecule has 1 fully saturated rings. The summed E-state index contributed by atoms with van der Waals surface area (Å²) in [5.41, 5.74) is 0.841. The van der Waals surface area contributed by atoms with E-state index in [9.17, 15) is 4.79 Å². The van der Waals surface area contributed by atoms with Crippen molar-refractivity contribution in [3.05, 3.63) is 58.3 Å². The standard InChI is InChI=1S/C18H21NOS/c20-18(15-6-2-1-3-7-15)9-4-12-19(16-10-11-16)14-17-8-5-13-21-17/h1-3,5-8,13,16H,4,9-12,14H2. The van der Waals surface area contributed by atoms with E-state index in [1.54, 1.807) is 0 Å². The fourth-order valence-corrected chi connectivity index (χ4v) is 3.37. The number of benzene rings is 1. The SMILES string of the molecule is O=C(CCCN(Cc1cccs1)C1CC1)c1ccccc1. The molecular weight excluding hydrogens is 278 g/mol. The van der Waals surface area contributed by atoms with Crippen LogP contribution in [0.15, 0.2) is 47.8 Å². The molecule has 2 nitrogen and oxygen atoms in total. The largest absolute Gasteiger partial charge is 0.295 e. The van der Waals surface area contributed by atoms with Crippen LogP contribution in [0, 0.1) is 0 Å². The molecule has 0 spiro atoms. The smallest absolute Gasteiger partial charge is 0.162 e. The average molecular weight is 299 g/mol. The molecule has 0 atom stereocenters. The van der Waals surface area contributed by atoms with Crippen molar-refractivity contribution in [2.75, 3.05) is 6.54 Å². The number of carbonyl (C=O) groups excluding carboxylic acids is 1. The quantitative estimate of drug-likeness (QED) is 0.674. The first-order valence-electron chi connectivity index (χ1n) is 7.67. The zero-order chi connectivity index (χ0) is 14.5. The van der Waals surface area contributed by atoms with Crippen LogP contribution in [0.3, 0.4) is 0 Å². The first-order chi connectivity index (χ1) is 10.3. The summed E-state index contributed by atoms with van der Waals surface area (Å²) in [7, 11) is 0. The van der Waals surface area contributed by atoms with Gasteiger partial charge in [0.2, 0.25) is 0 Å². The van der Waals surface area contributed by atoms with Gasteiger partial charge < -0.3 is 0 Å². The van der Waals surface area contributed by atoms with Crippen molar-refractivity contribution >= 4 is 17.1 Å². The summed E-state index contributed by atoms with van der Waals surface area (Å²) in [5.74, 6) is 0.266.